The minimum Gasteiger partial charge on any atom is -0.481 e. The second-order valence-electron chi connectivity index (χ2n) is 10.3. The molecule has 238 valence electrons. The Morgan fingerprint density at radius 2 is 1.67 bits per heavy atom. The van der Waals surface area contributed by atoms with Gasteiger partial charge in [0.05, 0.1) is 18.0 Å². The number of rotatable bonds is 11. The smallest absolute Gasteiger partial charge is 0.409 e. The molecule has 14 nitrogen and oxygen atoms in total. The van der Waals surface area contributed by atoms with E-state index in [1.165, 1.54) is 9.80 Å². The topological polar surface area (TPSA) is 191 Å². The molecule has 1 saturated heterocycles. The van der Waals surface area contributed by atoms with Gasteiger partial charge in [0.15, 0.2) is 0 Å². The number of carboxylic acids is 1. The van der Waals surface area contributed by atoms with Crippen molar-refractivity contribution in [3.8, 4) is 11.6 Å². The lowest BCUT2D eigenvalue weighted by Crippen LogP contribution is -2.56. The van der Waals surface area contributed by atoms with Crippen LogP contribution in [0.5, 0.6) is 11.6 Å². The molecule has 14 heteroatoms. The Labute approximate surface area is 259 Å². The van der Waals surface area contributed by atoms with E-state index in [-0.39, 0.29) is 57.1 Å². The van der Waals surface area contributed by atoms with Gasteiger partial charge in [-0.3, -0.25) is 14.4 Å². The highest BCUT2D eigenvalue weighted by atomic mass is 16.7. The van der Waals surface area contributed by atoms with Crippen molar-refractivity contribution in [1.82, 2.24) is 20.1 Å². The number of fused-ring (bicyclic) bond motifs is 1. The van der Waals surface area contributed by atoms with E-state index in [9.17, 15) is 29.1 Å². The molecule has 2 aromatic carbocycles. The van der Waals surface area contributed by atoms with Gasteiger partial charge < -0.3 is 34.5 Å². The van der Waals surface area contributed by atoms with Gasteiger partial charge in [0.2, 0.25) is 11.8 Å². The number of nitrogens with two attached hydrogens (primary N) is 1. The number of nitrogens with zero attached hydrogens (tertiary/aromatic N) is 3. The van der Waals surface area contributed by atoms with Crippen LogP contribution in [0.3, 0.4) is 0 Å². The van der Waals surface area contributed by atoms with E-state index >= 15 is 0 Å². The number of carboxylic acid groups (broad SMARTS) is 1. The molecule has 1 aliphatic rings. The molecular formula is C31H35N5O9. The third kappa shape index (κ3) is 8.23. The molecule has 4 N–H and O–H groups in total. The molecule has 0 radical (unpaired) electrons. The summed E-state index contributed by atoms with van der Waals surface area (Å²) in [5.41, 5.74) is 1.21. The Morgan fingerprint density at radius 1 is 1.00 bits per heavy atom. The Morgan fingerprint density at radius 3 is 2.31 bits per heavy atom. The molecule has 2 unspecified atom stereocenters. The van der Waals surface area contributed by atoms with Gasteiger partial charge in [-0.25, -0.2) is 14.6 Å². The maximum absolute atomic E-state index is 13.7. The molecule has 3 amide bonds. The fraction of sp³-hybridized carbons (Fsp3) is 0.355. The third-order valence-electron chi connectivity index (χ3n) is 7.37. The second-order valence-corrected chi connectivity index (χ2v) is 10.3. The van der Waals surface area contributed by atoms with Crippen LogP contribution in [0.15, 0.2) is 54.6 Å². The van der Waals surface area contributed by atoms with Crippen LogP contribution < -0.4 is 16.0 Å². The number of aromatic nitrogens is 1. The molecular weight excluding hydrogens is 586 g/mol. The molecule has 2 heterocycles. The average molecular weight is 622 g/mol. The summed E-state index contributed by atoms with van der Waals surface area (Å²) in [6.07, 6.45) is -0.986. The molecule has 1 aliphatic heterocycles. The fourth-order valence-electron chi connectivity index (χ4n) is 4.82. The fourth-order valence-corrected chi connectivity index (χ4v) is 4.82. The monoisotopic (exact) mass is 621 g/mol. The van der Waals surface area contributed by atoms with Crippen molar-refractivity contribution in [1.29, 1.82) is 0 Å². The van der Waals surface area contributed by atoms with Crippen LogP contribution in [0.4, 0.5) is 4.79 Å². The van der Waals surface area contributed by atoms with Crippen LogP contribution in [0.25, 0.3) is 10.9 Å². The highest BCUT2D eigenvalue weighted by molar-refractivity contribution is 6.02. The molecule has 0 aliphatic carbocycles. The largest absolute Gasteiger partial charge is 0.481 e. The zero-order chi connectivity index (χ0) is 32.5. The van der Waals surface area contributed by atoms with E-state index in [0.29, 0.717) is 22.2 Å². The highest BCUT2D eigenvalue weighted by Crippen LogP contribution is 2.29. The van der Waals surface area contributed by atoms with Gasteiger partial charge in [-0.2, -0.15) is 5.90 Å². The van der Waals surface area contributed by atoms with Gasteiger partial charge in [-0.15, -0.1) is 0 Å². The zero-order valence-electron chi connectivity index (χ0n) is 24.9. The van der Waals surface area contributed by atoms with Crippen LogP contribution >= 0.6 is 0 Å². The average Bonchev–Trinajstić information content (AvgIpc) is 3.05. The number of benzene rings is 2. The summed E-state index contributed by atoms with van der Waals surface area (Å²) in [6.45, 7) is 4.44. The summed E-state index contributed by atoms with van der Waals surface area (Å²) in [5, 5.41) is 12.7. The number of aliphatic carboxylic acids is 1. The van der Waals surface area contributed by atoms with Crippen molar-refractivity contribution in [2.45, 2.75) is 38.6 Å². The van der Waals surface area contributed by atoms with Crippen molar-refractivity contribution >= 4 is 40.7 Å². The number of ether oxygens (including phenoxy) is 2. The number of pyridine rings is 1. The lowest BCUT2D eigenvalue weighted by molar-refractivity contribution is -0.145. The predicted molar refractivity (Wildman–Crippen MR) is 160 cm³/mol. The number of para-hydroxylation sites is 1. The first-order chi connectivity index (χ1) is 21.6. The Balaban J connectivity index is 1.57. The Kier molecular flexibility index (Phi) is 10.9. The SMILES string of the molecule is CCOC(=O)N1CCN(C(=O)C(CCC(=O)O)NC(=O)c2cc3ccccc3nc2Oc2ccc(C(C)C(=O)ON)cc2)CC1. The van der Waals surface area contributed by atoms with Crippen LogP contribution in [0.2, 0.25) is 0 Å². The number of carbonyl (C=O) groups excluding carboxylic acids is 4. The number of nitrogens with one attached hydrogen (secondary N) is 1. The predicted octanol–water partition coefficient (Wildman–Crippen LogP) is 2.81. The van der Waals surface area contributed by atoms with Crippen LogP contribution in [-0.4, -0.2) is 88.6 Å². The summed E-state index contributed by atoms with van der Waals surface area (Å²) in [5.74, 6) is 1.78. The number of hydrogen-bond donors (Lipinski definition) is 3. The van der Waals surface area contributed by atoms with E-state index in [2.05, 4.69) is 15.1 Å². The number of amides is 3. The lowest BCUT2D eigenvalue weighted by atomic mass is 10.0. The Bertz CT molecular complexity index is 1550. The summed E-state index contributed by atoms with van der Waals surface area (Å²) in [6, 6.07) is 14.0. The molecule has 0 spiro atoms. The quantitative estimate of drug-likeness (QED) is 0.267. The summed E-state index contributed by atoms with van der Waals surface area (Å²) < 4.78 is 11.0. The normalized spacial score (nSPS) is 14.3. The molecule has 1 fully saturated rings. The molecule has 3 aromatic rings. The first-order valence-corrected chi connectivity index (χ1v) is 14.4. The minimum absolute atomic E-state index is 0.0260. The van der Waals surface area contributed by atoms with E-state index < -0.39 is 41.8 Å². The first kappa shape index (κ1) is 32.7. The van der Waals surface area contributed by atoms with Gasteiger partial charge in [-0.1, -0.05) is 30.3 Å². The van der Waals surface area contributed by atoms with Crippen molar-refractivity contribution in [3.05, 3.63) is 65.7 Å². The third-order valence-corrected chi connectivity index (χ3v) is 7.37. The molecule has 4 rings (SSSR count). The van der Waals surface area contributed by atoms with E-state index in [1.54, 1.807) is 68.4 Å². The molecule has 0 bridgehead atoms. The van der Waals surface area contributed by atoms with Gasteiger partial charge in [0, 0.05) is 38.0 Å². The van der Waals surface area contributed by atoms with Gasteiger partial charge in [0.25, 0.3) is 5.91 Å². The maximum atomic E-state index is 13.7. The van der Waals surface area contributed by atoms with Crippen LogP contribution in [0.1, 0.15) is 48.5 Å². The van der Waals surface area contributed by atoms with E-state index in [0.717, 1.165) is 0 Å². The van der Waals surface area contributed by atoms with Crippen LogP contribution in [-0.2, 0) is 24.0 Å². The van der Waals surface area contributed by atoms with Gasteiger partial charge in [0.1, 0.15) is 17.4 Å². The van der Waals surface area contributed by atoms with Gasteiger partial charge >= 0.3 is 18.0 Å². The number of piperazine rings is 1. The standard InChI is InChI=1S/C31H35N5O9/c1-3-43-31(42)36-16-14-35(15-17-36)29(40)25(12-13-26(37)38)33-27(39)23-18-21-6-4-5-7-24(21)34-28(23)44-22-10-8-20(9-11-22)19(2)30(41)45-32/h4-11,18-19,25H,3,12-17,32H2,1-2H3,(H,33,39)(H,37,38). The highest BCUT2D eigenvalue weighted by Gasteiger charge is 2.32. The molecule has 0 saturated carbocycles. The van der Waals surface area contributed by atoms with Crippen molar-refractivity contribution in [2.75, 3.05) is 32.8 Å². The summed E-state index contributed by atoms with van der Waals surface area (Å²) >= 11 is 0. The first-order valence-electron chi connectivity index (χ1n) is 14.4. The lowest BCUT2D eigenvalue weighted by Gasteiger charge is -2.36. The summed E-state index contributed by atoms with van der Waals surface area (Å²) in [7, 11) is 0. The van der Waals surface area contributed by atoms with E-state index in [4.69, 9.17) is 15.4 Å². The molecule has 1 aromatic heterocycles. The van der Waals surface area contributed by atoms with Crippen LogP contribution in [0, 0.1) is 0 Å². The molecule has 2 atom stereocenters. The second kappa shape index (κ2) is 15.0. The van der Waals surface area contributed by atoms with Crippen molar-refractivity contribution in [2.24, 2.45) is 5.90 Å². The van der Waals surface area contributed by atoms with E-state index in [1.807, 2.05) is 0 Å². The number of carbonyl (C=O) groups is 5. The molecule has 45 heavy (non-hydrogen) atoms. The maximum Gasteiger partial charge on any atom is 0.409 e. The number of hydrogen-bond acceptors (Lipinski definition) is 10. The zero-order valence-corrected chi connectivity index (χ0v) is 24.9. The van der Waals surface area contributed by atoms with Crippen molar-refractivity contribution < 1.29 is 43.4 Å². The van der Waals surface area contributed by atoms with Gasteiger partial charge in [-0.05, 0) is 50.1 Å². The minimum atomic E-state index is -1.16. The summed E-state index contributed by atoms with van der Waals surface area (Å²) in [4.78, 5) is 74.3. The Hall–Kier alpha value is -5.24. The van der Waals surface area contributed by atoms with Crippen molar-refractivity contribution in [3.63, 3.8) is 0 Å².